The van der Waals surface area contributed by atoms with E-state index in [1.165, 1.54) is 6.08 Å². The van der Waals surface area contributed by atoms with Crippen molar-refractivity contribution in [2.24, 2.45) is 0 Å². The molecular weight excluding hydrogens is 278 g/mol. The van der Waals surface area contributed by atoms with Gasteiger partial charge >= 0.3 is 0 Å². The van der Waals surface area contributed by atoms with Crippen LogP contribution in [0, 0.1) is 13.8 Å². The fourth-order valence-corrected chi connectivity index (χ4v) is 2.27. The Hall–Kier alpha value is -1.35. The average molecular weight is 294 g/mol. The number of anilines is 1. The maximum Gasteiger partial charge on any atom is 0.248 e. The fourth-order valence-electron chi connectivity index (χ4n) is 1.49. The molecule has 0 spiro atoms. The minimum absolute atomic E-state index is 0.129. The molecule has 1 amide bonds. The molecule has 0 heterocycles. The van der Waals surface area contributed by atoms with E-state index < -0.39 is 0 Å². The van der Waals surface area contributed by atoms with Crippen LogP contribution in [0.3, 0.4) is 0 Å². The van der Waals surface area contributed by atoms with Crippen LogP contribution in [0.5, 0.6) is 0 Å². The van der Waals surface area contributed by atoms with E-state index >= 15 is 0 Å². The first-order chi connectivity index (χ1) is 8.04. The quantitative estimate of drug-likeness (QED) is 0.659. The van der Waals surface area contributed by atoms with Crippen molar-refractivity contribution in [2.75, 3.05) is 5.32 Å². The van der Waals surface area contributed by atoms with Crippen molar-refractivity contribution in [3.8, 4) is 0 Å². The van der Waals surface area contributed by atoms with Gasteiger partial charge in [-0.3, -0.25) is 4.79 Å². The smallest absolute Gasteiger partial charge is 0.248 e. The third kappa shape index (κ3) is 4.19. The van der Waals surface area contributed by atoms with Gasteiger partial charge in [-0.05, 0) is 53.9 Å². The molecule has 0 aliphatic carbocycles. The van der Waals surface area contributed by atoms with E-state index in [4.69, 9.17) is 0 Å². The molecule has 1 aromatic carbocycles. The maximum atomic E-state index is 11.6. The average Bonchev–Trinajstić information content (AvgIpc) is 2.24. The third-order valence-electron chi connectivity index (χ3n) is 2.23. The summed E-state index contributed by atoms with van der Waals surface area (Å²) in [6, 6.07) is 4.02. The lowest BCUT2D eigenvalue weighted by Gasteiger charge is -2.10. The van der Waals surface area contributed by atoms with Crippen molar-refractivity contribution >= 4 is 27.5 Å². The summed E-state index contributed by atoms with van der Waals surface area (Å²) >= 11 is 3.46. The lowest BCUT2D eigenvalue weighted by atomic mass is 10.1. The largest absolute Gasteiger partial charge is 0.321 e. The normalized spacial score (nSPS) is 11.3. The van der Waals surface area contributed by atoms with Crippen LogP contribution in [0.1, 0.15) is 18.1 Å². The van der Waals surface area contributed by atoms with Crippen molar-refractivity contribution in [1.29, 1.82) is 0 Å². The molecule has 0 fully saturated rings. The SMILES string of the molecule is CC=CC=CC(=O)Nc1c(C)cc(C)cc1Br. The van der Waals surface area contributed by atoms with Gasteiger partial charge in [0.2, 0.25) is 5.91 Å². The van der Waals surface area contributed by atoms with Crippen molar-refractivity contribution in [2.45, 2.75) is 20.8 Å². The number of rotatable bonds is 3. The van der Waals surface area contributed by atoms with Gasteiger partial charge in [-0.25, -0.2) is 0 Å². The van der Waals surface area contributed by atoms with E-state index in [0.717, 1.165) is 21.3 Å². The second kappa shape index (κ2) is 6.40. The summed E-state index contributed by atoms with van der Waals surface area (Å²) in [6.45, 7) is 5.90. The first-order valence-electron chi connectivity index (χ1n) is 5.41. The Bertz CT molecular complexity index is 452. The molecule has 2 nitrogen and oxygen atoms in total. The molecule has 17 heavy (non-hydrogen) atoms. The van der Waals surface area contributed by atoms with Crippen LogP contribution >= 0.6 is 15.9 Å². The highest BCUT2D eigenvalue weighted by atomic mass is 79.9. The highest BCUT2D eigenvalue weighted by molar-refractivity contribution is 9.10. The molecule has 0 bridgehead atoms. The van der Waals surface area contributed by atoms with Crippen LogP contribution in [0.25, 0.3) is 0 Å². The molecule has 0 unspecified atom stereocenters. The van der Waals surface area contributed by atoms with Gasteiger partial charge in [-0.1, -0.05) is 24.3 Å². The molecule has 0 saturated carbocycles. The summed E-state index contributed by atoms with van der Waals surface area (Å²) in [5.41, 5.74) is 3.03. The first-order valence-corrected chi connectivity index (χ1v) is 6.21. The Kier molecular flexibility index (Phi) is 5.16. The van der Waals surface area contributed by atoms with Crippen LogP contribution in [0.2, 0.25) is 0 Å². The van der Waals surface area contributed by atoms with Gasteiger partial charge in [-0.2, -0.15) is 0 Å². The minimum atomic E-state index is -0.129. The van der Waals surface area contributed by atoms with E-state index in [1.807, 2.05) is 45.1 Å². The van der Waals surface area contributed by atoms with E-state index in [2.05, 4.69) is 21.2 Å². The van der Waals surface area contributed by atoms with Crippen LogP contribution in [-0.4, -0.2) is 5.91 Å². The number of carbonyl (C=O) groups is 1. The molecule has 1 rings (SSSR count). The zero-order valence-electron chi connectivity index (χ0n) is 10.3. The van der Waals surface area contributed by atoms with Crippen LogP contribution in [0.4, 0.5) is 5.69 Å². The summed E-state index contributed by atoms with van der Waals surface area (Å²) in [4.78, 5) is 11.6. The maximum absolute atomic E-state index is 11.6. The van der Waals surface area contributed by atoms with Gasteiger partial charge in [-0.15, -0.1) is 0 Å². The zero-order valence-corrected chi connectivity index (χ0v) is 11.8. The molecule has 1 N–H and O–H groups in total. The van der Waals surface area contributed by atoms with Crippen LogP contribution < -0.4 is 5.32 Å². The van der Waals surface area contributed by atoms with Crippen molar-refractivity contribution in [1.82, 2.24) is 0 Å². The van der Waals surface area contributed by atoms with Crippen LogP contribution in [0.15, 0.2) is 40.9 Å². The molecule has 0 aromatic heterocycles. The molecule has 3 heteroatoms. The van der Waals surface area contributed by atoms with Gasteiger partial charge in [0, 0.05) is 10.5 Å². The predicted molar refractivity (Wildman–Crippen MR) is 76.2 cm³/mol. The molecule has 0 radical (unpaired) electrons. The second-order valence-electron chi connectivity index (χ2n) is 3.81. The predicted octanol–water partition coefficient (Wildman–Crippen LogP) is 4.14. The van der Waals surface area contributed by atoms with Gasteiger partial charge in [0.05, 0.1) is 5.69 Å². The third-order valence-corrected chi connectivity index (χ3v) is 2.86. The Morgan fingerprint density at radius 1 is 1.29 bits per heavy atom. The summed E-state index contributed by atoms with van der Waals surface area (Å²) in [6.07, 6.45) is 6.91. The van der Waals surface area contributed by atoms with Crippen LogP contribution in [-0.2, 0) is 4.79 Å². The van der Waals surface area contributed by atoms with Crippen molar-refractivity contribution in [3.05, 3.63) is 52.0 Å². The van der Waals surface area contributed by atoms with Gasteiger partial charge in [0.1, 0.15) is 0 Å². The van der Waals surface area contributed by atoms with Crippen molar-refractivity contribution in [3.63, 3.8) is 0 Å². The van der Waals surface area contributed by atoms with Gasteiger partial charge in [0.25, 0.3) is 0 Å². The molecule has 0 aliphatic heterocycles. The lowest BCUT2D eigenvalue weighted by Crippen LogP contribution is -2.09. The lowest BCUT2D eigenvalue weighted by molar-refractivity contribution is -0.111. The minimum Gasteiger partial charge on any atom is -0.321 e. The molecule has 0 saturated heterocycles. The number of nitrogens with one attached hydrogen (secondary N) is 1. The molecule has 90 valence electrons. The molecule has 0 atom stereocenters. The van der Waals surface area contributed by atoms with E-state index in [9.17, 15) is 4.79 Å². The monoisotopic (exact) mass is 293 g/mol. The number of allylic oxidation sites excluding steroid dienone is 3. The van der Waals surface area contributed by atoms with Gasteiger partial charge in [0.15, 0.2) is 0 Å². The van der Waals surface area contributed by atoms with E-state index in [0.29, 0.717) is 0 Å². The molecule has 0 aliphatic rings. The van der Waals surface area contributed by atoms with E-state index in [1.54, 1.807) is 6.08 Å². The molecular formula is C14H16BrNO. The standard InChI is InChI=1S/C14H16BrNO/c1-4-5-6-7-13(17)16-14-11(3)8-10(2)9-12(14)15/h4-9H,1-3H3,(H,16,17). The molecule has 1 aromatic rings. The summed E-state index contributed by atoms with van der Waals surface area (Å²) in [5.74, 6) is -0.129. The summed E-state index contributed by atoms with van der Waals surface area (Å²) < 4.78 is 0.905. The number of hydrogen-bond acceptors (Lipinski definition) is 1. The van der Waals surface area contributed by atoms with Gasteiger partial charge < -0.3 is 5.32 Å². The highest BCUT2D eigenvalue weighted by Gasteiger charge is 2.06. The van der Waals surface area contributed by atoms with E-state index in [-0.39, 0.29) is 5.91 Å². The number of carbonyl (C=O) groups excluding carboxylic acids is 1. The Morgan fingerprint density at radius 3 is 2.59 bits per heavy atom. The fraction of sp³-hybridized carbons (Fsp3) is 0.214. The zero-order chi connectivity index (χ0) is 12.8. The first kappa shape index (κ1) is 13.7. The Labute approximate surface area is 111 Å². The highest BCUT2D eigenvalue weighted by Crippen LogP contribution is 2.27. The number of benzene rings is 1. The topological polar surface area (TPSA) is 29.1 Å². The summed E-state index contributed by atoms with van der Waals surface area (Å²) in [7, 11) is 0. The number of aryl methyl sites for hydroxylation is 2. The Balaban J connectivity index is 2.85. The number of halogens is 1. The number of amides is 1. The number of hydrogen-bond donors (Lipinski definition) is 1. The second-order valence-corrected chi connectivity index (χ2v) is 4.67. The Morgan fingerprint density at radius 2 is 2.00 bits per heavy atom. The van der Waals surface area contributed by atoms with Crippen molar-refractivity contribution < 1.29 is 4.79 Å². The summed E-state index contributed by atoms with van der Waals surface area (Å²) in [5, 5.41) is 2.86.